The smallest absolute Gasteiger partial charge is 0.240 e. The highest BCUT2D eigenvalue weighted by atomic mass is 16.5. The molecule has 0 spiro atoms. The molecule has 1 unspecified atom stereocenters. The van der Waals surface area contributed by atoms with Crippen molar-refractivity contribution in [2.24, 2.45) is 5.92 Å². The topological polar surface area (TPSA) is 41.6 Å². The predicted octanol–water partition coefficient (Wildman–Crippen LogP) is 1.22. The number of carbonyl (C=O) groups is 1. The van der Waals surface area contributed by atoms with E-state index >= 15 is 0 Å². The van der Waals surface area contributed by atoms with E-state index in [4.69, 9.17) is 4.74 Å². The van der Waals surface area contributed by atoms with Crippen LogP contribution in [0.15, 0.2) is 0 Å². The summed E-state index contributed by atoms with van der Waals surface area (Å²) in [5, 5.41) is 3.26. The van der Waals surface area contributed by atoms with E-state index in [1.54, 1.807) is 7.11 Å². The van der Waals surface area contributed by atoms with Crippen LogP contribution in [0.25, 0.3) is 0 Å². The zero-order chi connectivity index (χ0) is 12.3. The molecule has 1 amide bonds. The number of amides is 1. The Morgan fingerprint density at radius 1 is 1.56 bits per heavy atom. The van der Waals surface area contributed by atoms with Gasteiger partial charge in [-0.2, -0.15) is 0 Å². The van der Waals surface area contributed by atoms with Gasteiger partial charge in [-0.05, 0) is 26.2 Å². The Balaban J connectivity index is 2.51. The summed E-state index contributed by atoms with van der Waals surface area (Å²) >= 11 is 0. The molecule has 0 aromatic carbocycles. The van der Waals surface area contributed by atoms with Crippen LogP contribution < -0.4 is 5.32 Å². The Hall–Kier alpha value is -0.610. The lowest BCUT2D eigenvalue weighted by Gasteiger charge is -2.28. The van der Waals surface area contributed by atoms with Gasteiger partial charge >= 0.3 is 0 Å². The molecule has 1 aliphatic heterocycles. The quantitative estimate of drug-likeness (QED) is 0.769. The zero-order valence-corrected chi connectivity index (χ0v) is 11.0. The second-order valence-corrected chi connectivity index (χ2v) is 5.54. The molecule has 1 rings (SSSR count). The number of carbonyl (C=O) groups excluding carboxylic acids is 1. The Kier molecular flexibility index (Phi) is 4.33. The highest BCUT2D eigenvalue weighted by Crippen LogP contribution is 2.16. The highest BCUT2D eigenvalue weighted by molar-refractivity contribution is 5.83. The third kappa shape index (κ3) is 3.46. The summed E-state index contributed by atoms with van der Waals surface area (Å²) in [5.41, 5.74) is -0.274. The molecule has 4 nitrogen and oxygen atoms in total. The second kappa shape index (κ2) is 5.15. The highest BCUT2D eigenvalue weighted by Gasteiger charge is 2.34. The van der Waals surface area contributed by atoms with Crippen LogP contribution in [-0.2, 0) is 9.53 Å². The number of hydrogen-bond acceptors (Lipinski definition) is 3. The minimum atomic E-state index is -0.274. The fourth-order valence-electron chi connectivity index (χ4n) is 1.92. The molecule has 16 heavy (non-hydrogen) atoms. The zero-order valence-electron chi connectivity index (χ0n) is 11.0. The summed E-state index contributed by atoms with van der Waals surface area (Å²) in [6, 6.07) is -0.00680. The van der Waals surface area contributed by atoms with Gasteiger partial charge < -0.3 is 9.64 Å². The van der Waals surface area contributed by atoms with E-state index in [1.165, 1.54) is 0 Å². The van der Waals surface area contributed by atoms with Crippen LogP contribution in [0.2, 0.25) is 0 Å². The molecule has 0 aromatic rings. The summed E-state index contributed by atoms with van der Waals surface area (Å²) in [6.45, 7) is 9.55. The summed E-state index contributed by atoms with van der Waals surface area (Å²) in [5.74, 6) is 0.746. The Morgan fingerprint density at radius 2 is 2.19 bits per heavy atom. The van der Waals surface area contributed by atoms with Crippen LogP contribution in [-0.4, -0.2) is 42.8 Å². The van der Waals surface area contributed by atoms with Crippen molar-refractivity contribution in [2.75, 3.05) is 20.3 Å². The van der Waals surface area contributed by atoms with E-state index in [0.717, 1.165) is 6.42 Å². The summed E-state index contributed by atoms with van der Waals surface area (Å²) in [6.07, 6.45) is 0.906. The van der Waals surface area contributed by atoms with E-state index < -0.39 is 0 Å². The van der Waals surface area contributed by atoms with Gasteiger partial charge in [0.15, 0.2) is 0 Å². The molecule has 4 heteroatoms. The molecule has 0 saturated carbocycles. The maximum absolute atomic E-state index is 12.0. The minimum absolute atomic E-state index is 0.00680. The monoisotopic (exact) mass is 228 g/mol. The van der Waals surface area contributed by atoms with Crippen LogP contribution >= 0.6 is 0 Å². The summed E-state index contributed by atoms with van der Waals surface area (Å²) < 4.78 is 5.34. The first kappa shape index (κ1) is 13.5. The molecule has 1 aliphatic rings. The van der Waals surface area contributed by atoms with Crippen LogP contribution in [0.1, 0.15) is 34.1 Å². The van der Waals surface area contributed by atoms with E-state index in [-0.39, 0.29) is 17.6 Å². The van der Waals surface area contributed by atoms with Crippen molar-refractivity contribution in [3.05, 3.63) is 0 Å². The number of nitrogens with zero attached hydrogens (tertiary/aromatic N) is 1. The van der Waals surface area contributed by atoms with Crippen LogP contribution in [0.5, 0.6) is 0 Å². The molecule has 0 aliphatic carbocycles. The van der Waals surface area contributed by atoms with E-state index in [1.807, 2.05) is 18.7 Å². The lowest BCUT2D eigenvalue weighted by molar-refractivity contribution is -0.132. The van der Waals surface area contributed by atoms with E-state index in [2.05, 4.69) is 19.2 Å². The molecule has 0 bridgehead atoms. The van der Waals surface area contributed by atoms with Crippen molar-refractivity contribution in [1.29, 1.82) is 0 Å². The van der Waals surface area contributed by atoms with Gasteiger partial charge in [0.05, 0.1) is 24.9 Å². The van der Waals surface area contributed by atoms with Crippen LogP contribution in [0, 0.1) is 5.92 Å². The molecule has 1 saturated heterocycles. The average molecular weight is 228 g/mol. The SMILES string of the molecule is COC(C)(C)CN1CNC(CC(C)C)C1=O. The summed E-state index contributed by atoms with van der Waals surface area (Å²) in [4.78, 5) is 13.9. The molecule has 1 N–H and O–H groups in total. The molecule has 1 atom stereocenters. The molecule has 0 radical (unpaired) electrons. The predicted molar refractivity (Wildman–Crippen MR) is 64.0 cm³/mol. The fourth-order valence-corrected chi connectivity index (χ4v) is 1.92. The maximum Gasteiger partial charge on any atom is 0.240 e. The van der Waals surface area contributed by atoms with E-state index in [9.17, 15) is 4.79 Å². The fraction of sp³-hybridized carbons (Fsp3) is 0.917. The second-order valence-electron chi connectivity index (χ2n) is 5.54. The van der Waals surface area contributed by atoms with Gasteiger partial charge in [0.25, 0.3) is 0 Å². The molecule has 1 heterocycles. The molecule has 0 aromatic heterocycles. The van der Waals surface area contributed by atoms with Gasteiger partial charge in [-0.15, -0.1) is 0 Å². The normalized spacial score (nSPS) is 22.2. The van der Waals surface area contributed by atoms with Crippen molar-refractivity contribution in [2.45, 2.75) is 45.8 Å². The first-order chi connectivity index (χ1) is 7.35. The van der Waals surface area contributed by atoms with Crippen molar-refractivity contribution < 1.29 is 9.53 Å². The molecule has 94 valence electrons. The first-order valence-electron chi connectivity index (χ1n) is 5.93. The van der Waals surface area contributed by atoms with E-state index in [0.29, 0.717) is 19.1 Å². The van der Waals surface area contributed by atoms with Gasteiger partial charge in [0.1, 0.15) is 0 Å². The maximum atomic E-state index is 12.0. The number of nitrogens with one attached hydrogen (secondary N) is 1. The van der Waals surface area contributed by atoms with Gasteiger partial charge in [-0.25, -0.2) is 0 Å². The van der Waals surface area contributed by atoms with Crippen molar-refractivity contribution in [3.63, 3.8) is 0 Å². The molecular weight excluding hydrogens is 204 g/mol. The number of methoxy groups -OCH3 is 1. The Labute approximate surface area is 98.3 Å². The number of hydrogen-bond donors (Lipinski definition) is 1. The van der Waals surface area contributed by atoms with Crippen LogP contribution in [0.3, 0.4) is 0 Å². The van der Waals surface area contributed by atoms with Crippen molar-refractivity contribution in [1.82, 2.24) is 10.2 Å². The average Bonchev–Trinajstić information content (AvgIpc) is 2.49. The van der Waals surface area contributed by atoms with Gasteiger partial charge in [0, 0.05) is 7.11 Å². The summed E-state index contributed by atoms with van der Waals surface area (Å²) in [7, 11) is 1.68. The Morgan fingerprint density at radius 3 is 2.69 bits per heavy atom. The van der Waals surface area contributed by atoms with Gasteiger partial charge in [-0.3, -0.25) is 10.1 Å². The van der Waals surface area contributed by atoms with Crippen LogP contribution in [0.4, 0.5) is 0 Å². The first-order valence-corrected chi connectivity index (χ1v) is 5.93. The third-order valence-corrected chi connectivity index (χ3v) is 2.97. The van der Waals surface area contributed by atoms with Gasteiger partial charge in [-0.1, -0.05) is 13.8 Å². The van der Waals surface area contributed by atoms with Crippen molar-refractivity contribution in [3.8, 4) is 0 Å². The molecular formula is C12H24N2O2. The molecule has 1 fully saturated rings. The number of rotatable bonds is 5. The largest absolute Gasteiger partial charge is 0.377 e. The van der Waals surface area contributed by atoms with Gasteiger partial charge in [0.2, 0.25) is 5.91 Å². The standard InChI is InChI=1S/C12H24N2O2/c1-9(2)6-10-11(15)14(8-13-10)7-12(3,4)16-5/h9-10,13H,6-8H2,1-5H3. The lowest BCUT2D eigenvalue weighted by Crippen LogP contribution is -2.42. The lowest BCUT2D eigenvalue weighted by atomic mass is 10.0. The number of ether oxygens (including phenoxy) is 1. The minimum Gasteiger partial charge on any atom is -0.377 e. The van der Waals surface area contributed by atoms with Crippen molar-refractivity contribution >= 4 is 5.91 Å². The Bertz CT molecular complexity index is 251. The third-order valence-electron chi connectivity index (χ3n) is 2.97.